The molecule has 2 heterocycles. The van der Waals surface area contributed by atoms with Crippen LogP contribution in [0.5, 0.6) is 0 Å². The first-order chi connectivity index (χ1) is 6.84. The number of rotatable bonds is 4. The number of aromatic nitrogens is 4. The molecule has 0 aliphatic heterocycles. The largest absolute Gasteiger partial charge is 0.340 e. The molecule has 7 heteroatoms. The van der Waals surface area contributed by atoms with Crippen molar-refractivity contribution in [1.82, 2.24) is 20.3 Å². The van der Waals surface area contributed by atoms with Gasteiger partial charge in [-0.3, -0.25) is 0 Å². The molecular formula is C7H9N5O2. The van der Waals surface area contributed by atoms with Crippen molar-refractivity contribution in [2.24, 2.45) is 0 Å². The molecule has 14 heavy (non-hydrogen) atoms. The highest BCUT2D eigenvalue weighted by Gasteiger charge is 2.02. The summed E-state index contributed by atoms with van der Waals surface area (Å²) in [4.78, 5) is 7.84. The van der Waals surface area contributed by atoms with Crippen LogP contribution in [0.2, 0.25) is 0 Å². The normalized spacial score (nSPS) is 10.4. The second-order valence-electron chi connectivity index (χ2n) is 2.66. The van der Waals surface area contributed by atoms with Crippen LogP contribution in [0.15, 0.2) is 15.4 Å². The molecule has 0 spiro atoms. The summed E-state index contributed by atoms with van der Waals surface area (Å²) in [5, 5.41) is 10.1. The van der Waals surface area contributed by atoms with E-state index in [1.165, 1.54) is 6.33 Å². The summed E-state index contributed by atoms with van der Waals surface area (Å²) >= 11 is 0. The van der Waals surface area contributed by atoms with E-state index in [-0.39, 0.29) is 0 Å². The molecule has 2 rings (SSSR count). The summed E-state index contributed by atoms with van der Waals surface area (Å²) in [7, 11) is 0. The molecule has 0 atom stereocenters. The molecule has 0 unspecified atom stereocenters. The number of anilines is 1. The quantitative estimate of drug-likeness (QED) is 0.755. The Balaban J connectivity index is 1.78. The van der Waals surface area contributed by atoms with Gasteiger partial charge in [-0.15, -0.1) is 0 Å². The lowest BCUT2D eigenvalue weighted by atomic mass is 10.4. The number of hydrogen-bond acceptors (Lipinski definition) is 7. The molecule has 0 bridgehead atoms. The highest BCUT2D eigenvalue weighted by molar-refractivity contribution is 5.17. The van der Waals surface area contributed by atoms with Gasteiger partial charge in [0.25, 0.3) is 0 Å². The fraction of sp³-hybridized carbons (Fsp3) is 0.429. The third kappa shape index (κ3) is 2.06. The van der Waals surface area contributed by atoms with Gasteiger partial charge in [-0.1, -0.05) is 10.3 Å². The van der Waals surface area contributed by atoms with E-state index in [1.54, 1.807) is 6.92 Å². The van der Waals surface area contributed by atoms with Crippen LogP contribution in [-0.4, -0.2) is 26.8 Å². The van der Waals surface area contributed by atoms with Crippen molar-refractivity contribution < 1.29 is 9.05 Å². The van der Waals surface area contributed by atoms with Gasteiger partial charge in [-0.25, -0.2) is 0 Å². The summed E-state index contributed by atoms with van der Waals surface area (Å²) in [6.07, 6.45) is 1.99. The highest BCUT2D eigenvalue weighted by Crippen LogP contribution is 2.02. The number of hydrogen-bond donors (Lipinski definition) is 1. The molecule has 2 aromatic heterocycles. The Kier molecular flexibility index (Phi) is 2.39. The molecule has 0 saturated carbocycles. The van der Waals surface area contributed by atoms with Crippen molar-refractivity contribution >= 4 is 6.01 Å². The monoisotopic (exact) mass is 195 g/mol. The predicted molar refractivity (Wildman–Crippen MR) is 45.5 cm³/mol. The molecule has 0 aromatic carbocycles. The zero-order valence-electron chi connectivity index (χ0n) is 7.60. The molecule has 0 aliphatic rings. The van der Waals surface area contributed by atoms with Gasteiger partial charge in [0.2, 0.25) is 5.89 Å². The summed E-state index contributed by atoms with van der Waals surface area (Å²) in [6.45, 7) is 2.37. The Bertz CT molecular complexity index is 382. The molecule has 74 valence electrons. The molecule has 7 nitrogen and oxygen atoms in total. The zero-order chi connectivity index (χ0) is 9.80. The molecule has 0 radical (unpaired) electrons. The Hall–Kier alpha value is -1.92. The summed E-state index contributed by atoms with van der Waals surface area (Å²) in [6, 6.07) is 0.405. The van der Waals surface area contributed by atoms with Gasteiger partial charge in [-0.05, 0) is 6.92 Å². The van der Waals surface area contributed by atoms with Crippen molar-refractivity contribution in [3.63, 3.8) is 0 Å². The Morgan fingerprint density at radius 1 is 1.43 bits per heavy atom. The molecule has 2 aromatic rings. The highest BCUT2D eigenvalue weighted by atomic mass is 16.5. The van der Waals surface area contributed by atoms with E-state index in [1.807, 2.05) is 0 Å². The minimum absolute atomic E-state index is 0.405. The minimum Gasteiger partial charge on any atom is -0.340 e. The van der Waals surface area contributed by atoms with Crippen molar-refractivity contribution in [2.45, 2.75) is 13.3 Å². The van der Waals surface area contributed by atoms with Crippen LogP contribution in [0, 0.1) is 6.92 Å². The molecule has 0 aliphatic carbocycles. The van der Waals surface area contributed by atoms with Crippen LogP contribution >= 0.6 is 0 Å². The van der Waals surface area contributed by atoms with E-state index in [0.717, 1.165) is 0 Å². The third-order valence-corrected chi connectivity index (χ3v) is 1.55. The first kappa shape index (κ1) is 8.67. The average Bonchev–Trinajstić information content (AvgIpc) is 2.77. The van der Waals surface area contributed by atoms with E-state index in [2.05, 4.69) is 25.6 Å². The van der Waals surface area contributed by atoms with E-state index in [9.17, 15) is 0 Å². The molecule has 0 amide bonds. The van der Waals surface area contributed by atoms with Crippen LogP contribution in [0.25, 0.3) is 0 Å². The summed E-state index contributed by atoms with van der Waals surface area (Å²) in [5.74, 6) is 1.18. The summed E-state index contributed by atoms with van der Waals surface area (Å²) < 4.78 is 9.65. The van der Waals surface area contributed by atoms with Crippen molar-refractivity contribution in [3.8, 4) is 0 Å². The lowest BCUT2D eigenvalue weighted by molar-refractivity contribution is 0.378. The Morgan fingerprint density at radius 3 is 3.00 bits per heavy atom. The maximum absolute atomic E-state index is 4.84. The lowest BCUT2D eigenvalue weighted by Crippen LogP contribution is -2.05. The lowest BCUT2D eigenvalue weighted by Gasteiger charge is -1.95. The van der Waals surface area contributed by atoms with Crippen molar-refractivity contribution in [1.29, 1.82) is 0 Å². The van der Waals surface area contributed by atoms with Crippen molar-refractivity contribution in [3.05, 3.63) is 18.0 Å². The van der Waals surface area contributed by atoms with Crippen LogP contribution in [0.1, 0.15) is 11.7 Å². The van der Waals surface area contributed by atoms with Gasteiger partial charge in [0.1, 0.15) is 0 Å². The van der Waals surface area contributed by atoms with Gasteiger partial charge >= 0.3 is 6.01 Å². The fourth-order valence-corrected chi connectivity index (χ4v) is 0.951. The second-order valence-corrected chi connectivity index (χ2v) is 2.66. The van der Waals surface area contributed by atoms with Crippen LogP contribution < -0.4 is 5.32 Å². The number of nitrogens with one attached hydrogen (secondary N) is 1. The predicted octanol–water partition coefficient (Wildman–Crippen LogP) is 0.416. The first-order valence-corrected chi connectivity index (χ1v) is 4.14. The van der Waals surface area contributed by atoms with Gasteiger partial charge < -0.3 is 14.4 Å². The second kappa shape index (κ2) is 3.86. The SMILES string of the molecule is Cc1noc(NCCc2ncno2)n1. The van der Waals surface area contributed by atoms with Crippen molar-refractivity contribution in [2.75, 3.05) is 11.9 Å². The third-order valence-electron chi connectivity index (χ3n) is 1.55. The number of aryl methyl sites for hydroxylation is 1. The smallest absolute Gasteiger partial charge is 0.321 e. The van der Waals surface area contributed by atoms with Gasteiger partial charge in [0.15, 0.2) is 12.2 Å². The zero-order valence-corrected chi connectivity index (χ0v) is 7.60. The van der Waals surface area contributed by atoms with E-state index in [4.69, 9.17) is 9.05 Å². The van der Waals surface area contributed by atoms with Crippen LogP contribution in [0.3, 0.4) is 0 Å². The standard InChI is InChI=1S/C7H9N5O2/c1-5-11-7(14-12-5)8-3-2-6-9-4-10-13-6/h4H,2-3H2,1H3,(H,8,11,12). The van der Waals surface area contributed by atoms with Crippen LogP contribution in [0.4, 0.5) is 6.01 Å². The van der Waals surface area contributed by atoms with E-state index >= 15 is 0 Å². The fourth-order valence-electron chi connectivity index (χ4n) is 0.951. The summed E-state index contributed by atoms with van der Waals surface area (Å²) in [5.41, 5.74) is 0. The van der Waals surface area contributed by atoms with Gasteiger partial charge in [0.05, 0.1) is 0 Å². The van der Waals surface area contributed by atoms with Gasteiger partial charge in [-0.2, -0.15) is 9.97 Å². The first-order valence-electron chi connectivity index (χ1n) is 4.14. The van der Waals surface area contributed by atoms with Gasteiger partial charge in [0, 0.05) is 13.0 Å². The minimum atomic E-state index is 0.405. The number of nitrogens with zero attached hydrogens (tertiary/aromatic N) is 4. The molecular weight excluding hydrogens is 186 g/mol. The maximum Gasteiger partial charge on any atom is 0.321 e. The average molecular weight is 195 g/mol. The Labute approximate surface area is 79.5 Å². The van der Waals surface area contributed by atoms with E-state index in [0.29, 0.717) is 30.7 Å². The van der Waals surface area contributed by atoms with E-state index < -0.39 is 0 Å². The van der Waals surface area contributed by atoms with Crippen LogP contribution in [-0.2, 0) is 6.42 Å². The molecule has 0 fully saturated rings. The Morgan fingerprint density at radius 2 is 2.36 bits per heavy atom. The maximum atomic E-state index is 4.84. The topological polar surface area (TPSA) is 89.9 Å². The molecule has 1 N–H and O–H groups in total. The molecule has 0 saturated heterocycles.